The number of carbonyl (C=O) groups is 1. The average Bonchev–Trinajstić information content (AvgIpc) is 2.41. The van der Waals surface area contributed by atoms with E-state index in [1.165, 1.54) is 0 Å². The normalized spacial score (nSPS) is 11.2. The van der Waals surface area contributed by atoms with E-state index in [4.69, 9.17) is 0 Å². The number of anilines is 1. The highest BCUT2D eigenvalue weighted by atomic mass is 16.3. The monoisotopic (exact) mass is 283 g/mol. The Balaban J connectivity index is 2.35. The van der Waals surface area contributed by atoms with Crippen LogP contribution in [0.5, 0.6) is 5.75 Å². The van der Waals surface area contributed by atoms with Gasteiger partial charge < -0.3 is 10.4 Å². The van der Waals surface area contributed by atoms with Crippen LogP contribution in [-0.4, -0.2) is 11.0 Å². The van der Waals surface area contributed by atoms with Crippen LogP contribution in [-0.2, 0) is 5.41 Å². The van der Waals surface area contributed by atoms with Crippen LogP contribution < -0.4 is 5.32 Å². The SMILES string of the molecule is Cc1cccc(C(=O)Nc2ccccc2C(C)(C)C)c1O. The van der Waals surface area contributed by atoms with Crippen molar-refractivity contribution in [2.24, 2.45) is 0 Å². The van der Waals surface area contributed by atoms with Gasteiger partial charge in [-0.15, -0.1) is 0 Å². The molecule has 0 atom stereocenters. The summed E-state index contributed by atoms with van der Waals surface area (Å²) in [5.41, 5.74) is 2.74. The number of phenolic OH excluding ortho intramolecular Hbond substituents is 1. The Kier molecular flexibility index (Phi) is 4.03. The Morgan fingerprint density at radius 3 is 2.38 bits per heavy atom. The lowest BCUT2D eigenvalue weighted by Gasteiger charge is -2.23. The topological polar surface area (TPSA) is 49.3 Å². The number of carbonyl (C=O) groups excluding carboxylic acids is 1. The van der Waals surface area contributed by atoms with Crippen LogP contribution in [0.3, 0.4) is 0 Å². The Morgan fingerprint density at radius 2 is 1.71 bits per heavy atom. The summed E-state index contributed by atoms with van der Waals surface area (Å²) in [7, 11) is 0. The number of benzene rings is 2. The Morgan fingerprint density at radius 1 is 1.05 bits per heavy atom. The van der Waals surface area contributed by atoms with Crippen LogP contribution in [0.4, 0.5) is 5.69 Å². The molecule has 1 amide bonds. The second kappa shape index (κ2) is 5.60. The quantitative estimate of drug-likeness (QED) is 0.865. The van der Waals surface area contributed by atoms with Crippen LogP contribution >= 0.6 is 0 Å². The summed E-state index contributed by atoms with van der Waals surface area (Å²) in [4.78, 5) is 12.4. The maximum Gasteiger partial charge on any atom is 0.259 e. The minimum absolute atomic E-state index is 0.0308. The van der Waals surface area contributed by atoms with E-state index in [1.807, 2.05) is 24.3 Å². The van der Waals surface area contributed by atoms with E-state index in [0.29, 0.717) is 11.1 Å². The number of para-hydroxylation sites is 2. The van der Waals surface area contributed by atoms with E-state index in [9.17, 15) is 9.90 Å². The van der Waals surface area contributed by atoms with E-state index in [0.717, 1.165) is 11.3 Å². The molecule has 0 fully saturated rings. The van der Waals surface area contributed by atoms with Gasteiger partial charge >= 0.3 is 0 Å². The molecule has 0 saturated carbocycles. The first-order valence-electron chi connectivity index (χ1n) is 7.00. The Labute approximate surface area is 125 Å². The van der Waals surface area contributed by atoms with Crippen molar-refractivity contribution in [3.63, 3.8) is 0 Å². The molecule has 0 heterocycles. The average molecular weight is 283 g/mol. The highest BCUT2D eigenvalue weighted by molar-refractivity contribution is 6.06. The Hall–Kier alpha value is -2.29. The molecule has 0 spiro atoms. The maximum atomic E-state index is 12.4. The standard InChI is InChI=1S/C18H21NO2/c1-12-8-7-9-13(16(12)20)17(21)19-15-11-6-5-10-14(15)18(2,3)4/h5-11,20H,1-4H3,(H,19,21). The summed E-state index contributed by atoms with van der Waals surface area (Å²) in [6.07, 6.45) is 0. The van der Waals surface area contributed by atoms with E-state index >= 15 is 0 Å². The zero-order valence-corrected chi connectivity index (χ0v) is 12.9. The van der Waals surface area contributed by atoms with Crippen LogP contribution in [0.15, 0.2) is 42.5 Å². The maximum absolute atomic E-state index is 12.4. The van der Waals surface area contributed by atoms with Crippen molar-refractivity contribution in [3.05, 3.63) is 59.2 Å². The first kappa shape index (κ1) is 15.1. The van der Waals surface area contributed by atoms with E-state index in [2.05, 4.69) is 26.1 Å². The molecule has 0 saturated heterocycles. The van der Waals surface area contributed by atoms with Gasteiger partial charge in [-0.05, 0) is 35.6 Å². The highest BCUT2D eigenvalue weighted by Crippen LogP contribution is 2.30. The second-order valence-electron chi connectivity index (χ2n) is 6.22. The van der Waals surface area contributed by atoms with Crippen molar-refractivity contribution in [2.45, 2.75) is 33.1 Å². The summed E-state index contributed by atoms with van der Waals surface area (Å²) < 4.78 is 0. The lowest BCUT2D eigenvalue weighted by molar-refractivity contribution is 0.102. The van der Waals surface area contributed by atoms with Crippen molar-refractivity contribution >= 4 is 11.6 Å². The fourth-order valence-corrected chi connectivity index (χ4v) is 2.28. The van der Waals surface area contributed by atoms with E-state index < -0.39 is 0 Å². The first-order valence-corrected chi connectivity index (χ1v) is 7.00. The number of nitrogens with one attached hydrogen (secondary N) is 1. The number of rotatable bonds is 2. The molecule has 0 bridgehead atoms. The lowest BCUT2D eigenvalue weighted by atomic mass is 9.86. The van der Waals surface area contributed by atoms with Crippen LogP contribution in [0, 0.1) is 6.92 Å². The van der Waals surface area contributed by atoms with Crippen molar-refractivity contribution in [2.75, 3.05) is 5.32 Å². The molecule has 3 nitrogen and oxygen atoms in total. The van der Waals surface area contributed by atoms with Gasteiger partial charge in [-0.3, -0.25) is 4.79 Å². The van der Waals surface area contributed by atoms with Gasteiger partial charge in [0.2, 0.25) is 0 Å². The molecule has 2 aromatic carbocycles. The number of amides is 1. The van der Waals surface area contributed by atoms with Gasteiger partial charge in [0.05, 0.1) is 5.56 Å². The van der Waals surface area contributed by atoms with Crippen molar-refractivity contribution in [1.29, 1.82) is 0 Å². The molecule has 0 aliphatic rings. The molecule has 0 aliphatic heterocycles. The first-order chi connectivity index (χ1) is 9.80. The fraction of sp³-hybridized carbons (Fsp3) is 0.278. The van der Waals surface area contributed by atoms with E-state index in [1.54, 1.807) is 25.1 Å². The summed E-state index contributed by atoms with van der Waals surface area (Å²) in [6.45, 7) is 8.07. The zero-order chi connectivity index (χ0) is 15.6. The summed E-state index contributed by atoms with van der Waals surface area (Å²) in [6, 6.07) is 12.9. The number of aryl methyl sites for hydroxylation is 1. The molecule has 0 aliphatic carbocycles. The van der Waals surface area contributed by atoms with Gasteiger partial charge in [-0.2, -0.15) is 0 Å². The number of phenols is 1. The molecule has 0 radical (unpaired) electrons. The van der Waals surface area contributed by atoms with Crippen molar-refractivity contribution < 1.29 is 9.90 Å². The molecule has 2 aromatic rings. The minimum atomic E-state index is -0.298. The highest BCUT2D eigenvalue weighted by Gasteiger charge is 2.20. The second-order valence-corrected chi connectivity index (χ2v) is 6.22. The molecule has 0 aromatic heterocycles. The number of hydrogen-bond donors (Lipinski definition) is 2. The molecule has 0 unspecified atom stereocenters. The molecule has 2 N–H and O–H groups in total. The van der Waals surface area contributed by atoms with Crippen LogP contribution in [0.2, 0.25) is 0 Å². The zero-order valence-electron chi connectivity index (χ0n) is 12.9. The summed E-state index contributed by atoms with van der Waals surface area (Å²) in [5.74, 6) is -0.267. The number of hydrogen-bond acceptors (Lipinski definition) is 2. The predicted octanol–water partition coefficient (Wildman–Crippen LogP) is 4.25. The van der Waals surface area contributed by atoms with Gasteiger partial charge in [0, 0.05) is 5.69 Å². The van der Waals surface area contributed by atoms with Gasteiger partial charge in [-0.1, -0.05) is 51.1 Å². The Bertz CT molecular complexity index is 669. The van der Waals surface area contributed by atoms with Crippen LogP contribution in [0.1, 0.15) is 42.3 Å². The lowest BCUT2D eigenvalue weighted by Crippen LogP contribution is -2.18. The largest absolute Gasteiger partial charge is 0.507 e. The molecule has 3 heteroatoms. The minimum Gasteiger partial charge on any atom is -0.507 e. The predicted molar refractivity (Wildman–Crippen MR) is 85.9 cm³/mol. The molecular formula is C18H21NO2. The van der Waals surface area contributed by atoms with Gasteiger partial charge in [0.25, 0.3) is 5.91 Å². The van der Waals surface area contributed by atoms with Gasteiger partial charge in [0.1, 0.15) is 5.75 Å². The molecule has 21 heavy (non-hydrogen) atoms. The summed E-state index contributed by atoms with van der Waals surface area (Å²) in [5, 5.41) is 12.9. The van der Waals surface area contributed by atoms with Crippen LogP contribution in [0.25, 0.3) is 0 Å². The van der Waals surface area contributed by atoms with Crippen molar-refractivity contribution in [3.8, 4) is 5.75 Å². The molecule has 110 valence electrons. The third-order valence-electron chi connectivity index (χ3n) is 3.47. The van der Waals surface area contributed by atoms with E-state index in [-0.39, 0.29) is 17.1 Å². The van der Waals surface area contributed by atoms with Crippen molar-refractivity contribution in [1.82, 2.24) is 0 Å². The summed E-state index contributed by atoms with van der Waals surface area (Å²) >= 11 is 0. The van der Waals surface area contributed by atoms with Gasteiger partial charge in [0.15, 0.2) is 0 Å². The third kappa shape index (κ3) is 3.24. The molecule has 2 rings (SSSR count). The molecular weight excluding hydrogens is 262 g/mol. The number of aromatic hydroxyl groups is 1. The third-order valence-corrected chi connectivity index (χ3v) is 3.47. The fourth-order valence-electron chi connectivity index (χ4n) is 2.28. The van der Waals surface area contributed by atoms with Gasteiger partial charge in [-0.25, -0.2) is 0 Å². The smallest absolute Gasteiger partial charge is 0.259 e.